The number of nitrogens with zero attached hydrogens (tertiary/aromatic N) is 2. The van der Waals surface area contributed by atoms with E-state index in [2.05, 4.69) is 18.7 Å². The van der Waals surface area contributed by atoms with Crippen LogP contribution in [0.25, 0.3) is 0 Å². The van der Waals surface area contributed by atoms with Gasteiger partial charge in [-0.25, -0.2) is 0 Å². The minimum atomic E-state index is -0.341. The molecule has 1 saturated heterocycles. The van der Waals surface area contributed by atoms with Crippen LogP contribution < -0.4 is 0 Å². The number of thioether (sulfide) groups is 1. The highest BCUT2D eigenvalue weighted by atomic mass is 32.2. The topological polar surface area (TPSA) is 63.0 Å². The molecule has 1 fully saturated rings. The third-order valence-corrected chi connectivity index (χ3v) is 5.12. The van der Waals surface area contributed by atoms with Gasteiger partial charge in [0.05, 0.1) is 0 Å². The Balaban J connectivity index is 2.13. The van der Waals surface area contributed by atoms with Crippen molar-refractivity contribution in [2.75, 3.05) is 32.9 Å². The molecule has 0 radical (unpaired) electrons. The largest absolute Gasteiger partial charge is 0.459 e. The molecule has 1 atom stereocenters. The van der Waals surface area contributed by atoms with Crippen molar-refractivity contribution >= 4 is 23.6 Å². The molecule has 25 heavy (non-hydrogen) atoms. The predicted octanol–water partition coefficient (Wildman–Crippen LogP) is 2.89. The summed E-state index contributed by atoms with van der Waals surface area (Å²) in [6, 6.07) is 3.68. The first-order valence-electron chi connectivity index (χ1n) is 8.46. The van der Waals surface area contributed by atoms with Crippen LogP contribution in [0.15, 0.2) is 16.5 Å². The number of ether oxygens (including phenoxy) is 1. The second-order valence-corrected chi connectivity index (χ2v) is 8.67. The fourth-order valence-electron chi connectivity index (χ4n) is 3.17. The van der Waals surface area contributed by atoms with E-state index in [9.17, 15) is 9.59 Å². The van der Waals surface area contributed by atoms with Crippen LogP contribution in [0.1, 0.15) is 44.1 Å². The van der Waals surface area contributed by atoms with Gasteiger partial charge in [-0.15, -0.1) is 11.8 Å². The van der Waals surface area contributed by atoms with Crippen molar-refractivity contribution in [1.29, 1.82) is 0 Å². The van der Waals surface area contributed by atoms with Crippen LogP contribution in [0.2, 0.25) is 0 Å². The molecule has 1 aromatic rings. The van der Waals surface area contributed by atoms with E-state index in [1.54, 1.807) is 17.8 Å². The van der Waals surface area contributed by atoms with Crippen molar-refractivity contribution < 1.29 is 18.7 Å². The minimum Gasteiger partial charge on any atom is -0.459 e. The standard InChI is InChI=1S/C18H28N2O4S/c1-13(21)23-10-14-6-7-15(24-14)17-20(16(22)8-9-25-17)12-18(2,3)11-19(4)5/h6-7,17H,8-12H2,1-5H3. The number of carbonyl (C=O) groups excluding carboxylic acids is 2. The molecule has 6 nitrogen and oxygen atoms in total. The van der Waals surface area contributed by atoms with E-state index >= 15 is 0 Å². The summed E-state index contributed by atoms with van der Waals surface area (Å²) in [5, 5.41) is -0.131. The highest BCUT2D eigenvalue weighted by Gasteiger charge is 2.35. The lowest BCUT2D eigenvalue weighted by Crippen LogP contribution is -2.45. The highest BCUT2D eigenvalue weighted by Crippen LogP contribution is 2.40. The molecule has 0 saturated carbocycles. The van der Waals surface area contributed by atoms with Gasteiger partial charge in [0, 0.05) is 32.2 Å². The average molecular weight is 368 g/mol. The first kappa shape index (κ1) is 19.8. The van der Waals surface area contributed by atoms with Crippen LogP contribution in [0.3, 0.4) is 0 Å². The van der Waals surface area contributed by atoms with Crippen molar-refractivity contribution in [2.45, 2.75) is 39.2 Å². The number of amides is 1. The van der Waals surface area contributed by atoms with E-state index < -0.39 is 0 Å². The van der Waals surface area contributed by atoms with Gasteiger partial charge in [-0.1, -0.05) is 13.8 Å². The molecule has 140 valence electrons. The highest BCUT2D eigenvalue weighted by molar-refractivity contribution is 7.99. The van der Waals surface area contributed by atoms with E-state index in [1.165, 1.54) is 6.92 Å². The summed E-state index contributed by atoms with van der Waals surface area (Å²) in [6.45, 7) is 7.39. The SMILES string of the molecule is CC(=O)OCc1ccc(C2SCCC(=O)N2CC(C)(C)CN(C)C)o1. The summed E-state index contributed by atoms with van der Waals surface area (Å²) in [7, 11) is 4.08. The van der Waals surface area contributed by atoms with Gasteiger partial charge in [-0.2, -0.15) is 0 Å². The van der Waals surface area contributed by atoms with Crippen LogP contribution in [0.4, 0.5) is 0 Å². The fourth-order valence-corrected chi connectivity index (χ4v) is 4.35. The molecule has 2 rings (SSSR count). The molecule has 0 aliphatic carbocycles. The summed E-state index contributed by atoms with van der Waals surface area (Å²) in [5.74, 6) is 1.94. The molecule has 0 aromatic carbocycles. The normalized spacial score (nSPS) is 18.7. The van der Waals surface area contributed by atoms with E-state index in [4.69, 9.17) is 9.15 Å². The molecule has 0 spiro atoms. The Kier molecular flexibility index (Phi) is 6.57. The van der Waals surface area contributed by atoms with Crippen molar-refractivity contribution in [3.63, 3.8) is 0 Å². The Bertz CT molecular complexity index is 612. The predicted molar refractivity (Wildman–Crippen MR) is 98.0 cm³/mol. The molecule has 0 N–H and O–H groups in total. The quantitative estimate of drug-likeness (QED) is 0.690. The summed E-state index contributed by atoms with van der Waals surface area (Å²) < 4.78 is 10.8. The number of hydrogen-bond donors (Lipinski definition) is 0. The van der Waals surface area contributed by atoms with Gasteiger partial charge < -0.3 is 19.0 Å². The second kappa shape index (κ2) is 8.27. The van der Waals surface area contributed by atoms with E-state index in [1.807, 2.05) is 25.1 Å². The molecule has 1 aliphatic rings. The lowest BCUT2D eigenvalue weighted by atomic mass is 9.92. The maximum Gasteiger partial charge on any atom is 0.303 e. The summed E-state index contributed by atoms with van der Waals surface area (Å²) in [5.41, 5.74) is -0.0253. The lowest BCUT2D eigenvalue weighted by Gasteiger charge is -2.40. The van der Waals surface area contributed by atoms with E-state index in [-0.39, 0.29) is 29.3 Å². The first-order valence-corrected chi connectivity index (χ1v) is 9.50. The average Bonchev–Trinajstić information content (AvgIpc) is 2.94. The van der Waals surface area contributed by atoms with Gasteiger partial charge in [-0.3, -0.25) is 9.59 Å². The monoisotopic (exact) mass is 368 g/mol. The maximum absolute atomic E-state index is 12.6. The Morgan fingerprint density at radius 2 is 2.16 bits per heavy atom. The molecule has 1 amide bonds. The number of esters is 1. The Labute approximate surface area is 153 Å². The van der Waals surface area contributed by atoms with E-state index in [0.29, 0.717) is 18.7 Å². The van der Waals surface area contributed by atoms with Crippen LogP contribution in [0.5, 0.6) is 0 Å². The molecular weight excluding hydrogens is 340 g/mol. The Morgan fingerprint density at radius 3 is 2.80 bits per heavy atom. The van der Waals surface area contributed by atoms with Gasteiger partial charge in [0.25, 0.3) is 0 Å². The molecule has 7 heteroatoms. The van der Waals surface area contributed by atoms with Gasteiger partial charge in [0.1, 0.15) is 23.5 Å². The zero-order valence-corrected chi connectivity index (χ0v) is 16.5. The van der Waals surface area contributed by atoms with Crippen molar-refractivity contribution in [2.24, 2.45) is 5.41 Å². The fraction of sp³-hybridized carbons (Fsp3) is 0.667. The molecule has 1 aliphatic heterocycles. The van der Waals surface area contributed by atoms with Crippen molar-refractivity contribution in [3.8, 4) is 0 Å². The van der Waals surface area contributed by atoms with E-state index in [0.717, 1.165) is 18.1 Å². The zero-order valence-electron chi connectivity index (χ0n) is 15.7. The number of rotatable bonds is 7. The smallest absolute Gasteiger partial charge is 0.303 e. The molecule has 2 heterocycles. The van der Waals surface area contributed by atoms with Gasteiger partial charge >= 0.3 is 5.97 Å². The molecule has 1 aromatic heterocycles. The summed E-state index contributed by atoms with van der Waals surface area (Å²) >= 11 is 1.72. The van der Waals surface area contributed by atoms with Crippen LogP contribution in [-0.2, 0) is 20.9 Å². The van der Waals surface area contributed by atoms with Gasteiger partial charge in [-0.05, 0) is 31.6 Å². The van der Waals surface area contributed by atoms with Crippen molar-refractivity contribution in [3.05, 3.63) is 23.7 Å². The Morgan fingerprint density at radius 1 is 1.44 bits per heavy atom. The third kappa shape index (κ3) is 5.78. The Hall–Kier alpha value is -1.47. The van der Waals surface area contributed by atoms with Gasteiger partial charge in [0.15, 0.2) is 0 Å². The van der Waals surface area contributed by atoms with Crippen LogP contribution in [-0.4, -0.2) is 54.6 Å². The maximum atomic E-state index is 12.6. The number of furan rings is 1. The minimum absolute atomic E-state index is 0.0253. The summed E-state index contributed by atoms with van der Waals surface area (Å²) in [4.78, 5) is 27.6. The third-order valence-electron chi connectivity index (χ3n) is 3.88. The lowest BCUT2D eigenvalue weighted by molar-refractivity contribution is -0.142. The first-order chi connectivity index (χ1) is 11.7. The number of hydrogen-bond acceptors (Lipinski definition) is 6. The second-order valence-electron chi connectivity index (χ2n) is 7.48. The van der Waals surface area contributed by atoms with Crippen LogP contribution >= 0.6 is 11.8 Å². The van der Waals surface area contributed by atoms with Crippen LogP contribution in [0, 0.1) is 5.41 Å². The molecule has 1 unspecified atom stereocenters. The van der Waals surface area contributed by atoms with Gasteiger partial charge in [0.2, 0.25) is 5.91 Å². The molecule has 0 bridgehead atoms. The molecular formula is C18H28N2O4S. The van der Waals surface area contributed by atoms with Crippen molar-refractivity contribution in [1.82, 2.24) is 9.80 Å². The summed E-state index contributed by atoms with van der Waals surface area (Å²) in [6.07, 6.45) is 0.556. The number of carbonyl (C=O) groups is 2. The zero-order chi connectivity index (χ0) is 18.6.